The van der Waals surface area contributed by atoms with Gasteiger partial charge in [-0.3, -0.25) is 4.79 Å². The van der Waals surface area contributed by atoms with Gasteiger partial charge in [0.05, 0.1) is 10.4 Å². The lowest BCUT2D eigenvalue weighted by Gasteiger charge is -2.17. The Kier molecular flexibility index (Phi) is 5.18. The zero-order valence-corrected chi connectivity index (χ0v) is 12.2. The summed E-state index contributed by atoms with van der Waals surface area (Å²) in [6.07, 6.45) is -4.97. The smallest absolute Gasteiger partial charge is 0.293 e. The van der Waals surface area contributed by atoms with Crippen molar-refractivity contribution in [2.45, 2.75) is 28.3 Å². The Morgan fingerprint density at radius 2 is 1.75 bits per heavy atom. The van der Waals surface area contributed by atoms with Crippen LogP contribution in [0.15, 0.2) is 23.1 Å². The zero-order valence-electron chi connectivity index (χ0n) is 9.77. The topological polar surface area (TPSA) is 17.1 Å². The Balaban J connectivity index is 3.49. The van der Waals surface area contributed by atoms with Crippen molar-refractivity contribution in [1.29, 1.82) is 0 Å². The van der Waals surface area contributed by atoms with E-state index in [0.717, 1.165) is 12.1 Å². The summed E-state index contributed by atoms with van der Waals surface area (Å²) >= 11 is 1.91. The maximum absolute atomic E-state index is 12.8. The third-order valence-electron chi connectivity index (χ3n) is 2.16. The van der Waals surface area contributed by atoms with E-state index in [1.165, 1.54) is 6.92 Å². The van der Waals surface area contributed by atoms with E-state index in [-0.39, 0.29) is 0 Å². The molecule has 112 valence electrons. The highest BCUT2D eigenvalue weighted by molar-refractivity contribution is 9.10. The summed E-state index contributed by atoms with van der Waals surface area (Å²) in [6, 6.07) is 2.37. The highest BCUT2D eigenvalue weighted by atomic mass is 79.9. The molecular weight excluding hydrogens is 374 g/mol. The number of ketones is 1. The number of carbonyl (C=O) groups is 1. The molecular formula is C11H7BrF6OS. The van der Waals surface area contributed by atoms with Gasteiger partial charge in [-0.2, -0.15) is 26.3 Å². The molecule has 1 aromatic rings. The number of Topliss-reactive ketones (excluding diaryl/α,β-unsaturated/α-hetero) is 1. The molecule has 0 heterocycles. The molecule has 0 N–H and O–H groups in total. The monoisotopic (exact) mass is 380 g/mol. The van der Waals surface area contributed by atoms with Crippen molar-refractivity contribution < 1.29 is 31.1 Å². The molecule has 1 rings (SSSR count). The first-order valence-corrected chi connectivity index (χ1v) is 6.81. The zero-order chi connectivity index (χ0) is 15.7. The number of hydrogen-bond acceptors (Lipinski definition) is 2. The molecule has 1 aromatic carbocycles. The summed E-state index contributed by atoms with van der Waals surface area (Å²) < 4.78 is 75.6. The van der Waals surface area contributed by atoms with E-state index < -0.39 is 50.1 Å². The average Bonchev–Trinajstić information content (AvgIpc) is 2.24. The van der Waals surface area contributed by atoms with Crippen LogP contribution < -0.4 is 0 Å². The number of benzene rings is 1. The molecule has 20 heavy (non-hydrogen) atoms. The molecule has 0 saturated carbocycles. The summed E-state index contributed by atoms with van der Waals surface area (Å²) in [5.74, 6) is -0.845. The van der Waals surface area contributed by atoms with Gasteiger partial charge in [0, 0.05) is 10.5 Å². The maximum Gasteiger partial charge on any atom is 0.446 e. The number of rotatable bonds is 3. The molecule has 1 atom stereocenters. The first kappa shape index (κ1) is 17.4. The molecule has 0 saturated heterocycles. The lowest BCUT2D eigenvalue weighted by atomic mass is 10.1. The van der Waals surface area contributed by atoms with Crippen LogP contribution in [0.25, 0.3) is 0 Å². The minimum atomic E-state index is -4.97. The molecule has 0 aliphatic carbocycles. The van der Waals surface area contributed by atoms with Crippen molar-refractivity contribution in [3.8, 4) is 0 Å². The van der Waals surface area contributed by atoms with Gasteiger partial charge in [0.25, 0.3) is 0 Å². The van der Waals surface area contributed by atoms with Gasteiger partial charge in [-0.1, -0.05) is 28.1 Å². The lowest BCUT2D eigenvalue weighted by molar-refractivity contribution is -0.139. The van der Waals surface area contributed by atoms with Crippen LogP contribution in [0.5, 0.6) is 0 Å². The Labute approximate surface area is 122 Å². The van der Waals surface area contributed by atoms with E-state index >= 15 is 0 Å². The normalized spacial score (nSPS) is 14.2. The predicted molar refractivity (Wildman–Crippen MR) is 66.1 cm³/mol. The quantitative estimate of drug-likeness (QED) is 0.307. The number of carbonyl (C=O) groups excluding carboxylic acids is 1. The molecule has 0 bridgehead atoms. The van der Waals surface area contributed by atoms with Gasteiger partial charge >= 0.3 is 11.7 Å². The first-order valence-electron chi connectivity index (χ1n) is 5.07. The number of thioether (sulfide) groups is 1. The molecule has 0 fully saturated rings. The second-order valence-electron chi connectivity index (χ2n) is 3.71. The number of alkyl halides is 7. The van der Waals surface area contributed by atoms with E-state index in [1.54, 1.807) is 0 Å². The minimum absolute atomic E-state index is 0.518. The summed E-state index contributed by atoms with van der Waals surface area (Å²) in [4.78, 5) is 9.72. The highest BCUT2D eigenvalue weighted by Crippen LogP contribution is 2.45. The fraction of sp³-hybridized carbons (Fsp3) is 0.364. The van der Waals surface area contributed by atoms with Crippen LogP contribution in [0.4, 0.5) is 26.3 Å². The van der Waals surface area contributed by atoms with Crippen molar-refractivity contribution in [3.63, 3.8) is 0 Å². The Hall–Kier alpha value is -0.700. The van der Waals surface area contributed by atoms with Crippen LogP contribution in [0, 0.1) is 0 Å². The summed E-state index contributed by atoms with van der Waals surface area (Å²) in [6.45, 7) is 1.32. The van der Waals surface area contributed by atoms with Gasteiger partial charge < -0.3 is 0 Å². The fourth-order valence-corrected chi connectivity index (χ4v) is 2.44. The van der Waals surface area contributed by atoms with E-state index in [9.17, 15) is 31.1 Å². The molecule has 0 aliphatic rings. The third kappa shape index (κ3) is 4.41. The van der Waals surface area contributed by atoms with Gasteiger partial charge in [-0.15, -0.1) is 0 Å². The molecule has 0 amide bonds. The van der Waals surface area contributed by atoms with Crippen molar-refractivity contribution in [1.82, 2.24) is 0 Å². The molecule has 1 nitrogen and oxygen atoms in total. The molecule has 0 aromatic heterocycles. The van der Waals surface area contributed by atoms with E-state index in [0.29, 0.717) is 6.07 Å². The molecule has 0 radical (unpaired) electrons. The predicted octanol–water partition coefficient (Wildman–Crippen LogP) is 5.28. The summed E-state index contributed by atoms with van der Waals surface area (Å²) in [5, 5.41) is 0. The van der Waals surface area contributed by atoms with Crippen molar-refractivity contribution in [2.24, 2.45) is 0 Å². The fourth-order valence-electron chi connectivity index (χ4n) is 1.39. The van der Waals surface area contributed by atoms with Crippen molar-refractivity contribution in [3.05, 3.63) is 29.3 Å². The second-order valence-corrected chi connectivity index (χ2v) is 6.16. The highest BCUT2D eigenvalue weighted by Gasteiger charge is 2.40. The Morgan fingerprint density at radius 3 is 2.15 bits per heavy atom. The Bertz CT molecular complexity index is 509. The third-order valence-corrected chi connectivity index (χ3v) is 3.46. The van der Waals surface area contributed by atoms with Crippen LogP contribution in [-0.2, 0) is 6.18 Å². The van der Waals surface area contributed by atoms with E-state index in [4.69, 9.17) is 0 Å². The molecule has 1 unspecified atom stereocenters. The van der Waals surface area contributed by atoms with Crippen LogP contribution >= 0.6 is 27.7 Å². The second kappa shape index (κ2) is 5.97. The molecule has 0 spiro atoms. The van der Waals surface area contributed by atoms with Gasteiger partial charge in [0.1, 0.15) is 0 Å². The molecule has 9 heteroatoms. The van der Waals surface area contributed by atoms with Gasteiger partial charge in [-0.05, 0) is 24.8 Å². The summed E-state index contributed by atoms with van der Waals surface area (Å²) in [5.41, 5.74) is -7.00. The van der Waals surface area contributed by atoms with Crippen LogP contribution in [-0.4, -0.2) is 16.1 Å². The van der Waals surface area contributed by atoms with Gasteiger partial charge in [0.2, 0.25) is 0 Å². The number of hydrogen-bond donors (Lipinski definition) is 0. The van der Waals surface area contributed by atoms with Gasteiger partial charge in [0.15, 0.2) is 5.78 Å². The van der Waals surface area contributed by atoms with E-state index in [2.05, 4.69) is 15.9 Å². The Morgan fingerprint density at radius 1 is 1.20 bits per heavy atom. The maximum atomic E-state index is 12.8. The lowest BCUT2D eigenvalue weighted by Crippen LogP contribution is -2.17. The van der Waals surface area contributed by atoms with Crippen molar-refractivity contribution >= 4 is 33.5 Å². The largest absolute Gasteiger partial charge is 0.446 e. The summed E-state index contributed by atoms with van der Waals surface area (Å²) in [7, 11) is 0. The van der Waals surface area contributed by atoms with Crippen LogP contribution in [0.1, 0.15) is 22.8 Å². The minimum Gasteiger partial charge on any atom is -0.293 e. The SMILES string of the molecule is CC(Br)C(=O)c1cccc(C(F)(F)F)c1SC(F)(F)F. The van der Waals surface area contributed by atoms with Gasteiger partial charge in [-0.25, -0.2) is 0 Å². The van der Waals surface area contributed by atoms with Crippen molar-refractivity contribution in [2.75, 3.05) is 0 Å². The van der Waals surface area contributed by atoms with Crippen LogP contribution in [0.2, 0.25) is 0 Å². The molecule has 0 aliphatic heterocycles. The number of halogens is 7. The first-order chi connectivity index (χ1) is 8.93. The van der Waals surface area contributed by atoms with Crippen LogP contribution in [0.3, 0.4) is 0 Å². The standard InChI is InChI=1S/C11H7BrF6OS/c1-5(12)8(19)6-3-2-4-7(10(13,14)15)9(6)20-11(16,17)18/h2-5H,1H3. The average molecular weight is 381 g/mol. The van der Waals surface area contributed by atoms with E-state index in [1.807, 2.05) is 0 Å².